The Morgan fingerprint density at radius 1 is 1.35 bits per heavy atom. The SMILES string of the molecule is CC(=O)N1c2ccccc2C2(C(C)C)CCCC(=O)C12. The van der Waals surface area contributed by atoms with Gasteiger partial charge in [0.2, 0.25) is 5.91 Å². The molecule has 1 saturated carbocycles. The second kappa shape index (κ2) is 4.44. The topological polar surface area (TPSA) is 37.4 Å². The quantitative estimate of drug-likeness (QED) is 0.787. The van der Waals surface area contributed by atoms with Crippen molar-refractivity contribution in [3.8, 4) is 0 Å². The standard InChI is InChI=1S/C17H21NO2/c1-11(2)17-10-6-9-15(20)16(17)18(12(3)19)14-8-5-4-7-13(14)17/h4-5,7-8,11,16H,6,9-10H2,1-3H3. The fourth-order valence-corrected chi connectivity index (χ4v) is 4.26. The van der Waals surface area contributed by atoms with Crippen LogP contribution in [0.25, 0.3) is 0 Å². The minimum atomic E-state index is -0.300. The second-order valence-electron chi connectivity index (χ2n) is 6.32. The maximum atomic E-state index is 12.6. The third-order valence-electron chi connectivity index (χ3n) is 5.10. The zero-order chi connectivity index (χ0) is 14.5. The van der Waals surface area contributed by atoms with Gasteiger partial charge >= 0.3 is 0 Å². The van der Waals surface area contributed by atoms with Crippen LogP contribution in [0.15, 0.2) is 24.3 Å². The number of carbonyl (C=O) groups excluding carboxylic acids is 2. The molecule has 1 amide bonds. The highest BCUT2D eigenvalue weighted by atomic mass is 16.2. The summed E-state index contributed by atoms with van der Waals surface area (Å²) in [6, 6.07) is 7.75. The molecule has 3 rings (SSSR count). The van der Waals surface area contributed by atoms with Crippen molar-refractivity contribution in [1.29, 1.82) is 0 Å². The fraction of sp³-hybridized carbons (Fsp3) is 0.529. The van der Waals surface area contributed by atoms with E-state index in [1.54, 1.807) is 11.8 Å². The minimum Gasteiger partial charge on any atom is -0.301 e. The van der Waals surface area contributed by atoms with E-state index in [1.807, 2.05) is 18.2 Å². The molecule has 3 heteroatoms. The molecule has 1 aliphatic heterocycles. The Kier molecular flexibility index (Phi) is 2.96. The van der Waals surface area contributed by atoms with Crippen molar-refractivity contribution in [3.05, 3.63) is 29.8 Å². The summed E-state index contributed by atoms with van der Waals surface area (Å²) in [6.45, 7) is 5.91. The van der Waals surface area contributed by atoms with Crippen molar-refractivity contribution in [1.82, 2.24) is 0 Å². The molecule has 1 aromatic carbocycles. The zero-order valence-electron chi connectivity index (χ0n) is 12.3. The number of benzene rings is 1. The van der Waals surface area contributed by atoms with Crippen molar-refractivity contribution in [2.75, 3.05) is 4.90 Å². The molecule has 20 heavy (non-hydrogen) atoms. The third kappa shape index (κ3) is 1.52. The molecule has 1 aliphatic carbocycles. The van der Waals surface area contributed by atoms with Crippen LogP contribution in [-0.4, -0.2) is 17.7 Å². The van der Waals surface area contributed by atoms with Gasteiger partial charge in [-0.15, -0.1) is 0 Å². The lowest BCUT2D eigenvalue weighted by Crippen LogP contribution is -2.56. The Bertz CT molecular complexity index is 578. The molecule has 1 heterocycles. The summed E-state index contributed by atoms with van der Waals surface area (Å²) in [6.07, 6.45) is 2.51. The highest BCUT2D eigenvalue weighted by molar-refractivity contribution is 6.05. The normalized spacial score (nSPS) is 28.5. The smallest absolute Gasteiger partial charge is 0.224 e. The van der Waals surface area contributed by atoms with E-state index >= 15 is 0 Å². The van der Waals surface area contributed by atoms with Crippen molar-refractivity contribution >= 4 is 17.4 Å². The Hall–Kier alpha value is -1.64. The molecule has 2 unspecified atom stereocenters. The number of ketones is 1. The third-order valence-corrected chi connectivity index (χ3v) is 5.10. The van der Waals surface area contributed by atoms with Crippen molar-refractivity contribution in [3.63, 3.8) is 0 Å². The van der Waals surface area contributed by atoms with E-state index in [4.69, 9.17) is 0 Å². The second-order valence-corrected chi connectivity index (χ2v) is 6.32. The number of hydrogen-bond acceptors (Lipinski definition) is 2. The van der Waals surface area contributed by atoms with Crippen molar-refractivity contribution in [2.24, 2.45) is 5.92 Å². The van der Waals surface area contributed by atoms with E-state index in [1.165, 1.54) is 5.56 Å². The molecule has 0 bridgehead atoms. The molecule has 2 atom stereocenters. The van der Waals surface area contributed by atoms with Crippen LogP contribution in [0.5, 0.6) is 0 Å². The van der Waals surface area contributed by atoms with Gasteiger partial charge in [-0.2, -0.15) is 0 Å². The lowest BCUT2D eigenvalue weighted by Gasteiger charge is -2.44. The highest BCUT2D eigenvalue weighted by Gasteiger charge is 2.57. The zero-order valence-corrected chi connectivity index (χ0v) is 12.3. The molecule has 3 nitrogen and oxygen atoms in total. The first-order valence-electron chi connectivity index (χ1n) is 7.42. The van der Waals surface area contributed by atoms with Crippen LogP contribution in [0.3, 0.4) is 0 Å². The van der Waals surface area contributed by atoms with Gasteiger partial charge in [0.05, 0.1) is 0 Å². The van der Waals surface area contributed by atoms with Gasteiger partial charge in [-0.05, 0) is 30.4 Å². The number of para-hydroxylation sites is 1. The van der Waals surface area contributed by atoms with Gasteiger partial charge < -0.3 is 4.90 Å². The van der Waals surface area contributed by atoms with Crippen molar-refractivity contribution < 1.29 is 9.59 Å². The summed E-state index contributed by atoms with van der Waals surface area (Å²) in [7, 11) is 0. The average molecular weight is 271 g/mol. The monoisotopic (exact) mass is 271 g/mol. The summed E-state index contributed by atoms with van der Waals surface area (Å²) in [5.41, 5.74) is 1.93. The minimum absolute atomic E-state index is 0.0276. The molecular weight excluding hydrogens is 250 g/mol. The summed E-state index contributed by atoms with van der Waals surface area (Å²) in [5, 5.41) is 0. The molecule has 2 aliphatic rings. The number of hydrogen-bond donors (Lipinski definition) is 0. The molecule has 0 spiro atoms. The van der Waals surface area contributed by atoms with E-state index in [2.05, 4.69) is 19.9 Å². The van der Waals surface area contributed by atoms with Crippen molar-refractivity contribution in [2.45, 2.75) is 51.5 Å². The summed E-state index contributed by atoms with van der Waals surface area (Å²) < 4.78 is 0. The number of nitrogens with zero attached hydrogens (tertiary/aromatic N) is 1. The molecule has 0 aromatic heterocycles. The molecule has 0 N–H and O–H groups in total. The Balaban J connectivity index is 2.28. The van der Waals surface area contributed by atoms with Crippen LogP contribution in [0.2, 0.25) is 0 Å². The lowest BCUT2D eigenvalue weighted by molar-refractivity contribution is -0.127. The van der Waals surface area contributed by atoms with Gasteiger partial charge in [-0.3, -0.25) is 9.59 Å². The highest BCUT2D eigenvalue weighted by Crippen LogP contribution is 2.54. The summed E-state index contributed by atoms with van der Waals surface area (Å²) >= 11 is 0. The van der Waals surface area contributed by atoms with E-state index < -0.39 is 0 Å². The first-order valence-corrected chi connectivity index (χ1v) is 7.42. The Morgan fingerprint density at radius 3 is 2.70 bits per heavy atom. The molecule has 1 fully saturated rings. The first kappa shape index (κ1) is 13.3. The Labute approximate surface area is 120 Å². The van der Waals surface area contributed by atoms with Gasteiger partial charge in [0.1, 0.15) is 6.04 Å². The first-order chi connectivity index (χ1) is 9.50. The number of rotatable bonds is 1. The number of fused-ring (bicyclic) bond motifs is 3. The maximum absolute atomic E-state index is 12.6. The lowest BCUT2D eigenvalue weighted by atomic mass is 9.61. The largest absolute Gasteiger partial charge is 0.301 e. The average Bonchev–Trinajstić information content (AvgIpc) is 2.72. The van der Waals surface area contributed by atoms with Crippen LogP contribution < -0.4 is 4.90 Å². The van der Waals surface area contributed by atoms with Gasteiger partial charge in [0.15, 0.2) is 5.78 Å². The fourth-order valence-electron chi connectivity index (χ4n) is 4.26. The maximum Gasteiger partial charge on any atom is 0.224 e. The van der Waals surface area contributed by atoms with Crippen LogP contribution >= 0.6 is 0 Å². The van der Waals surface area contributed by atoms with Gasteiger partial charge in [0, 0.05) is 24.4 Å². The van der Waals surface area contributed by atoms with E-state index in [9.17, 15) is 9.59 Å². The van der Waals surface area contributed by atoms with E-state index in [-0.39, 0.29) is 23.1 Å². The van der Waals surface area contributed by atoms with Gasteiger partial charge in [-0.1, -0.05) is 32.0 Å². The van der Waals surface area contributed by atoms with Crippen LogP contribution in [0.1, 0.15) is 45.6 Å². The van der Waals surface area contributed by atoms with Crippen LogP contribution in [0.4, 0.5) is 5.69 Å². The van der Waals surface area contributed by atoms with Gasteiger partial charge in [0.25, 0.3) is 0 Å². The number of Topliss-reactive ketones (excluding diaryl/α,β-unsaturated/α-hetero) is 1. The molecule has 106 valence electrons. The van der Waals surface area contributed by atoms with Crippen LogP contribution in [-0.2, 0) is 15.0 Å². The predicted octanol–water partition coefficient (Wildman–Crippen LogP) is 3.07. The van der Waals surface area contributed by atoms with Crippen LogP contribution in [0, 0.1) is 5.92 Å². The number of amides is 1. The Morgan fingerprint density at radius 2 is 2.05 bits per heavy atom. The summed E-state index contributed by atoms with van der Waals surface area (Å²) in [4.78, 5) is 26.5. The van der Waals surface area contributed by atoms with E-state index in [0.717, 1.165) is 18.5 Å². The molecule has 1 aromatic rings. The number of carbonyl (C=O) groups is 2. The predicted molar refractivity (Wildman–Crippen MR) is 78.8 cm³/mol. The molecular formula is C17H21NO2. The van der Waals surface area contributed by atoms with E-state index in [0.29, 0.717) is 12.3 Å². The molecule has 0 saturated heterocycles. The van der Waals surface area contributed by atoms with Gasteiger partial charge in [-0.25, -0.2) is 0 Å². The number of anilines is 1. The molecule has 0 radical (unpaired) electrons. The summed E-state index contributed by atoms with van der Waals surface area (Å²) in [5.74, 6) is 0.527.